The number of imide groups is 1. The summed E-state index contributed by atoms with van der Waals surface area (Å²) in [6, 6.07) is 7.16. The number of nitrogens with one attached hydrogen (secondary N) is 2. The van der Waals surface area contributed by atoms with Gasteiger partial charge in [-0.25, -0.2) is 4.79 Å². The Bertz CT molecular complexity index is 768. The van der Waals surface area contributed by atoms with E-state index in [0.717, 1.165) is 11.3 Å². The lowest BCUT2D eigenvalue weighted by Gasteiger charge is -2.21. The number of hydrogen-bond donors (Lipinski definition) is 2. The zero-order valence-corrected chi connectivity index (χ0v) is 15.7. The zero-order chi connectivity index (χ0) is 18.6. The SMILES string of the molecule is Cc1ccccc1-n1nnnc1S[C@@H](C)C(=O)NC(=O)NC(C)(C)C. The number of thioether (sulfide) groups is 1. The molecule has 1 aromatic carbocycles. The van der Waals surface area contributed by atoms with Crippen molar-refractivity contribution in [3.8, 4) is 5.69 Å². The summed E-state index contributed by atoms with van der Waals surface area (Å²) in [6.45, 7) is 9.17. The Morgan fingerprint density at radius 2 is 1.92 bits per heavy atom. The first-order chi connectivity index (χ1) is 11.7. The highest BCUT2D eigenvalue weighted by molar-refractivity contribution is 8.00. The lowest BCUT2D eigenvalue weighted by molar-refractivity contribution is -0.119. The highest BCUT2D eigenvalue weighted by Crippen LogP contribution is 2.24. The summed E-state index contributed by atoms with van der Waals surface area (Å²) in [5.41, 5.74) is 1.43. The molecular formula is C16H22N6O2S. The highest BCUT2D eigenvalue weighted by Gasteiger charge is 2.22. The maximum absolute atomic E-state index is 12.2. The lowest BCUT2D eigenvalue weighted by atomic mass is 10.1. The molecule has 1 atom stereocenters. The van der Waals surface area contributed by atoms with E-state index in [1.54, 1.807) is 11.6 Å². The van der Waals surface area contributed by atoms with Crippen molar-refractivity contribution in [1.82, 2.24) is 30.8 Å². The number of carbonyl (C=O) groups excluding carboxylic acids is 2. The largest absolute Gasteiger partial charge is 0.333 e. The second kappa shape index (κ2) is 7.64. The number of rotatable bonds is 4. The molecule has 0 saturated carbocycles. The van der Waals surface area contributed by atoms with Gasteiger partial charge in [0.2, 0.25) is 11.1 Å². The molecule has 0 spiro atoms. The first-order valence-electron chi connectivity index (χ1n) is 7.81. The normalized spacial score (nSPS) is 12.5. The van der Waals surface area contributed by atoms with Crippen molar-refractivity contribution in [2.24, 2.45) is 0 Å². The van der Waals surface area contributed by atoms with Crippen LogP contribution in [-0.2, 0) is 4.79 Å². The third-order valence-electron chi connectivity index (χ3n) is 3.16. The van der Waals surface area contributed by atoms with Crippen molar-refractivity contribution in [3.05, 3.63) is 29.8 Å². The Labute approximate surface area is 150 Å². The fourth-order valence-corrected chi connectivity index (χ4v) is 2.80. The van der Waals surface area contributed by atoms with E-state index < -0.39 is 22.7 Å². The van der Waals surface area contributed by atoms with Crippen LogP contribution in [0.2, 0.25) is 0 Å². The maximum atomic E-state index is 12.2. The fraction of sp³-hybridized carbons (Fsp3) is 0.438. The minimum absolute atomic E-state index is 0.411. The summed E-state index contributed by atoms with van der Waals surface area (Å²) in [7, 11) is 0. The second-order valence-corrected chi connectivity index (χ2v) is 7.92. The Morgan fingerprint density at radius 3 is 2.56 bits per heavy atom. The molecular weight excluding hydrogens is 340 g/mol. The summed E-state index contributed by atoms with van der Waals surface area (Å²) in [6.07, 6.45) is 0. The van der Waals surface area contributed by atoms with Gasteiger partial charge in [-0.3, -0.25) is 10.1 Å². The van der Waals surface area contributed by atoms with E-state index >= 15 is 0 Å². The molecule has 1 aromatic heterocycles. The van der Waals surface area contributed by atoms with Crippen LogP contribution in [-0.4, -0.2) is 42.9 Å². The fourth-order valence-electron chi connectivity index (χ4n) is 2.00. The molecule has 0 saturated heterocycles. The molecule has 9 heteroatoms. The topological polar surface area (TPSA) is 102 Å². The van der Waals surface area contributed by atoms with E-state index in [1.807, 2.05) is 52.0 Å². The van der Waals surface area contributed by atoms with Crippen molar-refractivity contribution >= 4 is 23.7 Å². The minimum atomic E-state index is -0.542. The number of nitrogens with zero attached hydrogens (tertiary/aromatic N) is 4. The maximum Gasteiger partial charge on any atom is 0.321 e. The van der Waals surface area contributed by atoms with E-state index in [-0.39, 0.29) is 0 Å². The number of hydrogen-bond acceptors (Lipinski definition) is 6. The third kappa shape index (κ3) is 5.28. The van der Waals surface area contributed by atoms with Crippen LogP contribution in [0.3, 0.4) is 0 Å². The summed E-state index contributed by atoms with van der Waals surface area (Å²) in [5.74, 6) is -0.411. The number of benzene rings is 1. The van der Waals surface area contributed by atoms with Crippen molar-refractivity contribution in [1.29, 1.82) is 0 Å². The van der Waals surface area contributed by atoms with Gasteiger partial charge in [0.25, 0.3) is 0 Å². The van der Waals surface area contributed by atoms with E-state index in [0.29, 0.717) is 5.16 Å². The number of para-hydroxylation sites is 1. The van der Waals surface area contributed by atoms with Gasteiger partial charge in [-0.2, -0.15) is 4.68 Å². The monoisotopic (exact) mass is 362 g/mol. The smallest absolute Gasteiger partial charge is 0.321 e. The van der Waals surface area contributed by atoms with Gasteiger partial charge in [0.1, 0.15) is 0 Å². The zero-order valence-electron chi connectivity index (χ0n) is 14.9. The van der Waals surface area contributed by atoms with Crippen LogP contribution in [0.1, 0.15) is 33.3 Å². The van der Waals surface area contributed by atoms with Crippen molar-refractivity contribution in [2.75, 3.05) is 0 Å². The van der Waals surface area contributed by atoms with Crippen LogP contribution in [0.25, 0.3) is 5.69 Å². The molecule has 2 N–H and O–H groups in total. The lowest BCUT2D eigenvalue weighted by Crippen LogP contribution is -2.49. The predicted octanol–water partition coefficient (Wildman–Crippen LogP) is 2.08. The van der Waals surface area contributed by atoms with Crippen LogP contribution in [0.4, 0.5) is 4.79 Å². The van der Waals surface area contributed by atoms with Gasteiger partial charge in [-0.1, -0.05) is 30.0 Å². The number of aromatic nitrogens is 4. The van der Waals surface area contributed by atoms with Gasteiger partial charge in [0.15, 0.2) is 0 Å². The van der Waals surface area contributed by atoms with Gasteiger partial charge in [-0.05, 0) is 56.7 Å². The predicted molar refractivity (Wildman–Crippen MR) is 95.6 cm³/mol. The molecule has 0 bridgehead atoms. The summed E-state index contributed by atoms with van der Waals surface area (Å²) in [4.78, 5) is 24.0. The van der Waals surface area contributed by atoms with Crippen LogP contribution in [0.5, 0.6) is 0 Å². The van der Waals surface area contributed by atoms with Gasteiger partial charge in [0.05, 0.1) is 10.9 Å². The molecule has 0 aliphatic rings. The average molecular weight is 362 g/mol. The van der Waals surface area contributed by atoms with Crippen LogP contribution in [0, 0.1) is 6.92 Å². The molecule has 8 nitrogen and oxygen atoms in total. The molecule has 0 radical (unpaired) electrons. The quantitative estimate of drug-likeness (QED) is 0.808. The molecule has 134 valence electrons. The van der Waals surface area contributed by atoms with Crippen LogP contribution in [0.15, 0.2) is 29.4 Å². The molecule has 0 unspecified atom stereocenters. The number of aryl methyl sites for hydroxylation is 1. The van der Waals surface area contributed by atoms with Crippen LogP contribution < -0.4 is 10.6 Å². The first kappa shape index (κ1) is 18.9. The molecule has 0 aliphatic carbocycles. The summed E-state index contributed by atoms with van der Waals surface area (Å²) >= 11 is 1.18. The molecule has 25 heavy (non-hydrogen) atoms. The Hall–Kier alpha value is -2.42. The molecule has 2 rings (SSSR count). The summed E-state index contributed by atoms with van der Waals surface area (Å²) in [5, 5.41) is 16.6. The van der Waals surface area contributed by atoms with Crippen molar-refractivity contribution in [3.63, 3.8) is 0 Å². The van der Waals surface area contributed by atoms with Crippen molar-refractivity contribution < 1.29 is 9.59 Å². The van der Waals surface area contributed by atoms with E-state index in [1.165, 1.54) is 11.8 Å². The number of amides is 3. The highest BCUT2D eigenvalue weighted by atomic mass is 32.2. The Kier molecular flexibility index (Phi) is 5.78. The summed E-state index contributed by atoms with van der Waals surface area (Å²) < 4.78 is 1.58. The minimum Gasteiger partial charge on any atom is -0.333 e. The van der Waals surface area contributed by atoms with Gasteiger partial charge in [-0.15, -0.1) is 5.10 Å². The molecule has 0 aliphatic heterocycles. The molecule has 2 aromatic rings. The molecule has 0 fully saturated rings. The van der Waals surface area contributed by atoms with Crippen molar-refractivity contribution in [2.45, 2.75) is 50.6 Å². The number of carbonyl (C=O) groups is 2. The van der Waals surface area contributed by atoms with Crippen LogP contribution >= 0.6 is 11.8 Å². The average Bonchev–Trinajstić information content (AvgIpc) is 2.93. The third-order valence-corrected chi connectivity index (χ3v) is 4.19. The Morgan fingerprint density at radius 1 is 1.24 bits per heavy atom. The molecule has 3 amide bonds. The second-order valence-electron chi connectivity index (χ2n) is 6.61. The van der Waals surface area contributed by atoms with E-state index in [9.17, 15) is 9.59 Å². The van der Waals surface area contributed by atoms with Gasteiger partial charge < -0.3 is 5.32 Å². The van der Waals surface area contributed by atoms with E-state index in [2.05, 4.69) is 26.2 Å². The molecule has 1 heterocycles. The number of urea groups is 1. The Balaban J connectivity index is 2.06. The van der Waals surface area contributed by atoms with Gasteiger partial charge >= 0.3 is 6.03 Å². The van der Waals surface area contributed by atoms with E-state index in [4.69, 9.17) is 0 Å². The van der Waals surface area contributed by atoms with Gasteiger partial charge in [0, 0.05) is 5.54 Å². The number of tetrazole rings is 1. The first-order valence-corrected chi connectivity index (χ1v) is 8.69. The standard InChI is InChI=1S/C16H22N6O2S/c1-10-8-6-7-9-12(10)22-15(19-20-21-22)25-11(2)13(23)17-14(24)18-16(3,4)5/h6-9,11H,1-5H3,(H2,17,18,23,24)/t11-/m0/s1.